The molecule has 3 heterocycles. The van der Waals surface area contributed by atoms with Crippen LogP contribution in [0.25, 0.3) is 0 Å². The lowest BCUT2D eigenvalue weighted by atomic mass is 10.0. The molecule has 2 saturated heterocycles. The Labute approximate surface area is 130 Å². The fourth-order valence-electron chi connectivity index (χ4n) is 2.98. The number of aromatic nitrogens is 1. The van der Waals surface area contributed by atoms with Crippen LogP contribution in [-0.2, 0) is 9.47 Å². The van der Waals surface area contributed by atoms with Crippen molar-refractivity contribution in [1.29, 1.82) is 0 Å². The van der Waals surface area contributed by atoms with Gasteiger partial charge in [0.2, 0.25) is 0 Å². The van der Waals surface area contributed by atoms with Gasteiger partial charge in [-0.25, -0.2) is 4.98 Å². The van der Waals surface area contributed by atoms with Crippen LogP contribution >= 0.6 is 11.3 Å². The summed E-state index contributed by atoms with van der Waals surface area (Å²) in [6.45, 7) is 6.79. The van der Waals surface area contributed by atoms with Crippen LogP contribution in [0, 0.1) is 0 Å². The molecule has 0 spiro atoms. The van der Waals surface area contributed by atoms with Gasteiger partial charge in [0.25, 0.3) is 0 Å². The zero-order valence-electron chi connectivity index (χ0n) is 12.7. The Morgan fingerprint density at radius 1 is 1.48 bits per heavy atom. The fraction of sp³-hybridized carbons (Fsp3) is 0.800. The van der Waals surface area contributed by atoms with Crippen molar-refractivity contribution in [3.05, 3.63) is 11.6 Å². The molecule has 0 aliphatic carbocycles. The first-order chi connectivity index (χ1) is 10.3. The molecule has 0 bridgehead atoms. The molecule has 0 radical (unpaired) electrons. The van der Waals surface area contributed by atoms with Crippen molar-refractivity contribution in [3.63, 3.8) is 0 Å². The van der Waals surface area contributed by atoms with Gasteiger partial charge in [0.15, 0.2) is 5.13 Å². The highest BCUT2D eigenvalue weighted by molar-refractivity contribution is 7.13. The largest absolute Gasteiger partial charge is 0.379 e. The maximum atomic E-state index is 5.88. The molecular weight excluding hydrogens is 286 g/mol. The van der Waals surface area contributed by atoms with Gasteiger partial charge in [-0.05, 0) is 26.2 Å². The summed E-state index contributed by atoms with van der Waals surface area (Å²) in [4.78, 5) is 6.78. The molecule has 0 unspecified atom stereocenters. The Morgan fingerprint density at radius 2 is 2.33 bits per heavy atom. The average Bonchev–Trinajstić information content (AvgIpc) is 3.19. The van der Waals surface area contributed by atoms with E-state index in [0.717, 1.165) is 44.5 Å². The van der Waals surface area contributed by atoms with Crippen LogP contribution in [0.1, 0.15) is 26.2 Å². The predicted molar refractivity (Wildman–Crippen MR) is 85.1 cm³/mol. The number of nitrogens with one attached hydrogen (secondary N) is 1. The number of piperidine rings is 1. The lowest BCUT2D eigenvalue weighted by molar-refractivity contribution is 0.0304. The van der Waals surface area contributed by atoms with Crippen molar-refractivity contribution >= 4 is 16.5 Å². The van der Waals surface area contributed by atoms with Crippen LogP contribution < -0.4 is 10.2 Å². The minimum Gasteiger partial charge on any atom is -0.379 e. The Balaban J connectivity index is 1.34. The summed E-state index contributed by atoms with van der Waals surface area (Å²) in [5.74, 6) is 0. The summed E-state index contributed by atoms with van der Waals surface area (Å²) in [6.07, 6.45) is 5.59. The maximum Gasteiger partial charge on any atom is 0.185 e. The molecule has 21 heavy (non-hydrogen) atoms. The first-order valence-electron chi connectivity index (χ1n) is 7.91. The van der Waals surface area contributed by atoms with Gasteiger partial charge in [-0.1, -0.05) is 0 Å². The smallest absolute Gasteiger partial charge is 0.185 e. The van der Waals surface area contributed by atoms with E-state index in [-0.39, 0.29) is 0 Å². The summed E-state index contributed by atoms with van der Waals surface area (Å²) in [6, 6.07) is 1.00. The summed E-state index contributed by atoms with van der Waals surface area (Å²) >= 11 is 1.73. The Hall–Kier alpha value is -0.690. The number of hydrogen-bond acceptors (Lipinski definition) is 6. The SMILES string of the molecule is C[C@@H](CO[C@H]1CCOC1)NC1CCN(c2nccs2)CC1. The third-order valence-corrected chi connectivity index (χ3v) is 5.01. The first-order valence-corrected chi connectivity index (χ1v) is 8.79. The van der Waals surface area contributed by atoms with Gasteiger partial charge < -0.3 is 19.7 Å². The van der Waals surface area contributed by atoms with Crippen LogP contribution in [-0.4, -0.2) is 56.1 Å². The van der Waals surface area contributed by atoms with E-state index in [2.05, 4.69) is 22.1 Å². The monoisotopic (exact) mass is 311 g/mol. The Bertz CT molecular complexity index is 401. The topological polar surface area (TPSA) is 46.6 Å². The minimum absolute atomic E-state index is 0.306. The van der Waals surface area contributed by atoms with E-state index >= 15 is 0 Å². The quantitative estimate of drug-likeness (QED) is 0.869. The van der Waals surface area contributed by atoms with Crippen molar-refractivity contribution in [3.8, 4) is 0 Å². The zero-order valence-corrected chi connectivity index (χ0v) is 13.5. The molecule has 0 saturated carbocycles. The van der Waals surface area contributed by atoms with Crippen molar-refractivity contribution in [2.45, 2.75) is 44.4 Å². The molecule has 1 aromatic rings. The summed E-state index contributed by atoms with van der Waals surface area (Å²) in [5, 5.41) is 6.90. The molecular formula is C15H25N3O2S. The third-order valence-electron chi connectivity index (χ3n) is 4.17. The number of nitrogens with zero attached hydrogens (tertiary/aromatic N) is 2. The standard InChI is InChI=1S/C15H25N3O2S/c1-12(10-20-14-4-8-19-11-14)17-13-2-6-18(7-3-13)15-16-5-9-21-15/h5,9,12-14,17H,2-4,6-8,10-11H2,1H3/t12-,14-/m0/s1. The lowest BCUT2D eigenvalue weighted by Gasteiger charge is -2.33. The third kappa shape index (κ3) is 4.39. The molecule has 2 aliphatic rings. The van der Waals surface area contributed by atoms with Crippen molar-refractivity contribution < 1.29 is 9.47 Å². The van der Waals surface area contributed by atoms with Gasteiger partial charge in [0, 0.05) is 43.4 Å². The van der Waals surface area contributed by atoms with Gasteiger partial charge in [-0.15, -0.1) is 11.3 Å². The molecule has 6 heteroatoms. The number of thiazole rings is 1. The highest BCUT2D eigenvalue weighted by Gasteiger charge is 2.22. The first kappa shape index (κ1) is 15.2. The van der Waals surface area contributed by atoms with Crippen LogP contribution in [0.2, 0.25) is 0 Å². The summed E-state index contributed by atoms with van der Waals surface area (Å²) in [7, 11) is 0. The number of rotatable bonds is 6. The highest BCUT2D eigenvalue weighted by Crippen LogP contribution is 2.22. The van der Waals surface area contributed by atoms with Gasteiger partial charge in [-0.2, -0.15) is 0 Å². The van der Waals surface area contributed by atoms with Crippen molar-refractivity contribution in [2.24, 2.45) is 0 Å². The zero-order chi connectivity index (χ0) is 14.5. The molecule has 2 atom stereocenters. The molecule has 118 valence electrons. The Kier molecular flexibility index (Phi) is 5.46. The van der Waals surface area contributed by atoms with E-state index in [1.54, 1.807) is 11.3 Å². The van der Waals surface area contributed by atoms with E-state index < -0.39 is 0 Å². The van der Waals surface area contributed by atoms with Gasteiger partial charge in [-0.3, -0.25) is 0 Å². The summed E-state index contributed by atoms with van der Waals surface area (Å²) < 4.78 is 11.2. The van der Waals surface area contributed by atoms with E-state index in [0.29, 0.717) is 18.2 Å². The fourth-order valence-corrected chi connectivity index (χ4v) is 3.68. The maximum absolute atomic E-state index is 5.88. The molecule has 0 amide bonds. The molecule has 2 fully saturated rings. The van der Waals surface area contributed by atoms with E-state index in [9.17, 15) is 0 Å². The van der Waals surface area contributed by atoms with Crippen LogP contribution in [0.15, 0.2) is 11.6 Å². The molecule has 1 N–H and O–H groups in total. The molecule has 2 aliphatic heterocycles. The number of anilines is 1. The van der Waals surface area contributed by atoms with Crippen LogP contribution in [0.4, 0.5) is 5.13 Å². The number of hydrogen-bond donors (Lipinski definition) is 1. The molecule has 1 aromatic heterocycles. The minimum atomic E-state index is 0.306. The van der Waals surface area contributed by atoms with Gasteiger partial charge >= 0.3 is 0 Å². The molecule has 5 nitrogen and oxygen atoms in total. The Morgan fingerprint density at radius 3 is 3.00 bits per heavy atom. The lowest BCUT2D eigenvalue weighted by Crippen LogP contribution is -2.47. The predicted octanol–water partition coefficient (Wildman–Crippen LogP) is 1.90. The molecule has 0 aromatic carbocycles. The normalized spacial score (nSPS) is 25.4. The van der Waals surface area contributed by atoms with Gasteiger partial charge in [0.05, 0.1) is 19.3 Å². The second-order valence-electron chi connectivity index (χ2n) is 5.96. The van der Waals surface area contributed by atoms with E-state index in [4.69, 9.17) is 9.47 Å². The van der Waals surface area contributed by atoms with Crippen molar-refractivity contribution in [2.75, 3.05) is 37.8 Å². The molecule has 3 rings (SSSR count). The second-order valence-corrected chi connectivity index (χ2v) is 6.84. The van der Waals surface area contributed by atoms with Gasteiger partial charge in [0.1, 0.15) is 0 Å². The van der Waals surface area contributed by atoms with Crippen molar-refractivity contribution in [1.82, 2.24) is 10.3 Å². The summed E-state index contributed by atoms with van der Waals surface area (Å²) in [5.41, 5.74) is 0. The average molecular weight is 311 g/mol. The van der Waals surface area contributed by atoms with Crippen LogP contribution in [0.5, 0.6) is 0 Å². The van der Waals surface area contributed by atoms with Crippen LogP contribution in [0.3, 0.4) is 0 Å². The number of ether oxygens (including phenoxy) is 2. The second kappa shape index (κ2) is 7.54. The van der Waals surface area contributed by atoms with E-state index in [1.807, 2.05) is 11.6 Å². The van der Waals surface area contributed by atoms with E-state index in [1.165, 1.54) is 12.8 Å². The highest BCUT2D eigenvalue weighted by atomic mass is 32.1.